The van der Waals surface area contributed by atoms with Crippen LogP contribution in [0.2, 0.25) is 0 Å². The zero-order valence-corrected chi connectivity index (χ0v) is 26.3. The van der Waals surface area contributed by atoms with Gasteiger partial charge in [-0.15, -0.1) is 0 Å². The molecule has 5 rings (SSSR count). The summed E-state index contributed by atoms with van der Waals surface area (Å²) in [5, 5.41) is 5.09. The highest BCUT2D eigenvalue weighted by atomic mass is 19.1. The van der Waals surface area contributed by atoms with Crippen molar-refractivity contribution in [1.29, 1.82) is 0 Å². The summed E-state index contributed by atoms with van der Waals surface area (Å²) in [6, 6.07) is 15.5. The van der Waals surface area contributed by atoms with Crippen LogP contribution in [0.1, 0.15) is 32.1 Å². The van der Waals surface area contributed by atoms with E-state index in [0.29, 0.717) is 72.2 Å². The van der Waals surface area contributed by atoms with Gasteiger partial charge in [0.05, 0.1) is 56.0 Å². The van der Waals surface area contributed by atoms with E-state index in [4.69, 9.17) is 20.2 Å². The van der Waals surface area contributed by atoms with Crippen molar-refractivity contribution in [3.63, 3.8) is 0 Å². The first-order chi connectivity index (χ1) is 22.2. The zero-order chi connectivity index (χ0) is 33.0. The van der Waals surface area contributed by atoms with Crippen LogP contribution in [0.3, 0.4) is 0 Å². The number of carbonyl (C=O) groups excluding carboxylic acids is 2. The van der Waals surface area contributed by atoms with E-state index in [1.165, 1.54) is 48.1 Å². The minimum atomic E-state index is -0.840. The molecule has 1 aliphatic heterocycles. The smallest absolute Gasteiger partial charge is 0.327 e. The highest BCUT2D eigenvalue weighted by Gasteiger charge is 2.33. The minimum absolute atomic E-state index is 0.130. The van der Waals surface area contributed by atoms with Gasteiger partial charge in [-0.05, 0) is 61.9 Å². The molecule has 242 valence electrons. The summed E-state index contributed by atoms with van der Waals surface area (Å²) in [5.41, 5.74) is 6.92. The van der Waals surface area contributed by atoms with Crippen molar-refractivity contribution in [1.82, 2.24) is 14.6 Å². The molecular weight excluding hydrogens is 593 g/mol. The maximum Gasteiger partial charge on any atom is 0.327 e. The fraction of sp³-hybridized carbons (Fsp3) is 0.333. The highest BCUT2D eigenvalue weighted by Crippen LogP contribution is 2.37. The number of benzene rings is 3. The van der Waals surface area contributed by atoms with Gasteiger partial charge >= 0.3 is 6.03 Å². The van der Waals surface area contributed by atoms with Crippen molar-refractivity contribution in [2.45, 2.75) is 32.4 Å². The van der Waals surface area contributed by atoms with Gasteiger partial charge < -0.3 is 30.4 Å². The number of carbonyl (C=O) groups is 2. The lowest BCUT2D eigenvalue weighted by molar-refractivity contribution is -0.133. The van der Waals surface area contributed by atoms with Crippen molar-refractivity contribution in [2.75, 3.05) is 55.6 Å². The first-order valence-corrected chi connectivity index (χ1v) is 15.1. The number of nitrogens with one attached hydrogen (secondary N) is 1. The summed E-state index contributed by atoms with van der Waals surface area (Å²) in [5.74, 6) is 0.580. The van der Waals surface area contributed by atoms with Crippen LogP contribution in [-0.4, -0.2) is 72.9 Å². The van der Waals surface area contributed by atoms with Crippen LogP contribution in [0.4, 0.5) is 20.6 Å². The molecule has 3 N–H and O–H groups in total. The van der Waals surface area contributed by atoms with E-state index >= 15 is 0 Å². The monoisotopic (exact) mass is 631 g/mol. The summed E-state index contributed by atoms with van der Waals surface area (Å²) in [4.78, 5) is 49.2. The number of piperazine rings is 1. The standard InChI is InChI=1S/C33H38FN7O5/c1-5-26(35)32(43)38-16-18-39(19-17-38)41-30(37-27-9-7-6-8-25(27)31(41)42)21(2)40(28-15-14-24(45-3)20-29(28)46-4)33(44)36-23-12-10-22(34)11-13-23/h6-15,20-21,26H,5,16-19,35H2,1-4H3,(H,36,44). The molecule has 0 radical (unpaired) electrons. The molecule has 2 atom stereocenters. The van der Waals surface area contributed by atoms with E-state index in [2.05, 4.69) is 5.32 Å². The molecule has 4 aromatic rings. The lowest BCUT2D eigenvalue weighted by atomic mass is 10.1. The lowest BCUT2D eigenvalue weighted by Gasteiger charge is -2.39. The molecule has 3 amide bonds. The number of hydrogen-bond acceptors (Lipinski definition) is 8. The summed E-state index contributed by atoms with van der Waals surface area (Å²) in [7, 11) is 3.01. The predicted molar refractivity (Wildman–Crippen MR) is 175 cm³/mol. The second-order valence-corrected chi connectivity index (χ2v) is 10.9. The SMILES string of the molecule is CCC(N)C(=O)N1CCN(n2c(C(C)N(C(=O)Nc3ccc(F)cc3)c3ccc(OC)cc3OC)nc3ccccc3c2=O)CC1. The van der Waals surface area contributed by atoms with Crippen molar-refractivity contribution in [3.05, 3.63) is 88.7 Å². The number of rotatable bonds is 9. The van der Waals surface area contributed by atoms with Gasteiger partial charge in [0.1, 0.15) is 17.3 Å². The Bertz CT molecular complexity index is 1770. The van der Waals surface area contributed by atoms with Gasteiger partial charge in [-0.3, -0.25) is 14.5 Å². The average Bonchev–Trinajstić information content (AvgIpc) is 3.08. The third-order valence-electron chi connectivity index (χ3n) is 8.11. The van der Waals surface area contributed by atoms with E-state index in [-0.39, 0.29) is 11.5 Å². The summed E-state index contributed by atoms with van der Waals surface area (Å²) < 4.78 is 26.2. The van der Waals surface area contributed by atoms with Crippen LogP contribution in [0.5, 0.6) is 11.5 Å². The van der Waals surface area contributed by atoms with Crippen LogP contribution in [-0.2, 0) is 4.79 Å². The molecule has 1 aromatic heterocycles. The van der Waals surface area contributed by atoms with Gasteiger partial charge in [0.15, 0.2) is 5.82 Å². The Labute approximate surface area is 266 Å². The number of methoxy groups -OCH3 is 2. The quantitative estimate of drug-likeness (QED) is 0.284. The highest BCUT2D eigenvalue weighted by molar-refractivity contribution is 6.03. The van der Waals surface area contributed by atoms with Crippen molar-refractivity contribution >= 4 is 34.2 Å². The number of amides is 3. The molecule has 1 aliphatic rings. The maximum atomic E-state index is 14.2. The van der Waals surface area contributed by atoms with Crippen LogP contribution in [0.15, 0.2) is 71.5 Å². The van der Waals surface area contributed by atoms with Gasteiger partial charge in [-0.25, -0.2) is 18.8 Å². The fourth-order valence-electron chi connectivity index (χ4n) is 5.52. The van der Waals surface area contributed by atoms with Gasteiger partial charge in [-0.2, -0.15) is 0 Å². The van der Waals surface area contributed by atoms with Gasteiger partial charge in [-0.1, -0.05) is 19.1 Å². The van der Waals surface area contributed by atoms with Gasteiger partial charge in [0.25, 0.3) is 5.56 Å². The fourth-order valence-corrected chi connectivity index (χ4v) is 5.52. The molecule has 1 fully saturated rings. The topological polar surface area (TPSA) is 135 Å². The number of nitrogens with zero attached hydrogens (tertiary/aromatic N) is 5. The number of nitrogens with two attached hydrogens (primary N) is 1. The normalized spacial score (nSPS) is 14.5. The number of halogens is 1. The number of hydrogen-bond donors (Lipinski definition) is 2. The lowest BCUT2D eigenvalue weighted by Crippen LogP contribution is -2.58. The number of aromatic nitrogens is 2. The Morgan fingerprint density at radius 3 is 2.37 bits per heavy atom. The van der Waals surface area contributed by atoms with Gasteiger partial charge in [0.2, 0.25) is 5.91 Å². The van der Waals surface area contributed by atoms with Crippen LogP contribution < -0.4 is 36.0 Å². The Morgan fingerprint density at radius 1 is 1.02 bits per heavy atom. The Hall–Kier alpha value is -5.17. The predicted octanol–water partition coefficient (Wildman–Crippen LogP) is 3.87. The van der Waals surface area contributed by atoms with Crippen molar-refractivity contribution < 1.29 is 23.5 Å². The second-order valence-electron chi connectivity index (χ2n) is 10.9. The molecule has 46 heavy (non-hydrogen) atoms. The third kappa shape index (κ3) is 6.45. The van der Waals surface area contributed by atoms with E-state index in [9.17, 15) is 18.8 Å². The van der Waals surface area contributed by atoms with E-state index in [0.717, 1.165) is 0 Å². The van der Waals surface area contributed by atoms with E-state index in [1.54, 1.807) is 54.3 Å². The first-order valence-electron chi connectivity index (χ1n) is 15.1. The number of ether oxygens (including phenoxy) is 2. The number of fused-ring (bicyclic) bond motifs is 1. The largest absolute Gasteiger partial charge is 0.497 e. The molecular formula is C33H38FN7O5. The molecule has 1 saturated heterocycles. The molecule has 0 spiro atoms. The van der Waals surface area contributed by atoms with Crippen LogP contribution in [0, 0.1) is 5.82 Å². The molecule has 0 bridgehead atoms. The van der Waals surface area contributed by atoms with Crippen molar-refractivity contribution in [2.24, 2.45) is 5.73 Å². The Morgan fingerprint density at radius 2 is 1.72 bits per heavy atom. The molecule has 2 unspecified atom stereocenters. The number of urea groups is 1. The molecule has 12 nitrogen and oxygen atoms in total. The minimum Gasteiger partial charge on any atom is -0.497 e. The Balaban J connectivity index is 1.61. The van der Waals surface area contributed by atoms with Crippen LogP contribution >= 0.6 is 0 Å². The molecule has 0 aliphatic carbocycles. The van der Waals surface area contributed by atoms with Gasteiger partial charge in [0, 0.05) is 24.8 Å². The molecule has 3 aromatic carbocycles. The molecule has 2 heterocycles. The number of anilines is 2. The summed E-state index contributed by atoms with van der Waals surface area (Å²) >= 11 is 0. The number of para-hydroxylation sites is 1. The first kappa shape index (κ1) is 32.2. The summed E-state index contributed by atoms with van der Waals surface area (Å²) in [6.45, 7) is 5.04. The maximum absolute atomic E-state index is 14.2. The zero-order valence-electron chi connectivity index (χ0n) is 26.3. The second kappa shape index (κ2) is 13.9. The molecule has 0 saturated carbocycles. The van der Waals surface area contributed by atoms with Crippen molar-refractivity contribution in [3.8, 4) is 11.5 Å². The summed E-state index contributed by atoms with van der Waals surface area (Å²) in [6.07, 6.45) is 0.527. The third-order valence-corrected chi connectivity index (χ3v) is 8.11. The van der Waals surface area contributed by atoms with E-state index < -0.39 is 23.9 Å². The molecule has 13 heteroatoms. The Kier molecular flexibility index (Phi) is 9.71. The van der Waals surface area contributed by atoms with Crippen LogP contribution in [0.25, 0.3) is 10.9 Å². The van der Waals surface area contributed by atoms with E-state index in [1.807, 2.05) is 11.9 Å². The average molecular weight is 632 g/mol.